The number of halogens is 3. The number of alkyl halides is 2. The van der Waals surface area contributed by atoms with Gasteiger partial charge in [0.2, 0.25) is 17.7 Å². The molecule has 0 unspecified atom stereocenters. The third-order valence-electron chi connectivity index (χ3n) is 6.90. The first kappa shape index (κ1) is 33.1. The summed E-state index contributed by atoms with van der Waals surface area (Å²) in [6.07, 6.45) is 0.0684. The van der Waals surface area contributed by atoms with E-state index in [-0.39, 0.29) is 47.8 Å². The Balaban J connectivity index is 1.67. The maximum atomic E-state index is 15.0. The smallest absolute Gasteiger partial charge is 0.344 e. The van der Waals surface area contributed by atoms with Crippen LogP contribution in [0.2, 0.25) is 0 Å². The minimum absolute atomic E-state index is 0.0412. The molecule has 3 N–H and O–H groups in total. The van der Waals surface area contributed by atoms with Gasteiger partial charge in [0.25, 0.3) is 5.91 Å². The fourth-order valence-corrected chi connectivity index (χ4v) is 5.50. The molecule has 230 valence electrons. The third-order valence-corrected chi connectivity index (χ3v) is 8.51. The van der Waals surface area contributed by atoms with Gasteiger partial charge in [0.05, 0.1) is 35.4 Å². The molecule has 4 amide bonds. The number of carbonyl (C=O) groups is 4. The molecule has 15 heteroatoms. The van der Waals surface area contributed by atoms with E-state index in [0.29, 0.717) is 0 Å². The van der Waals surface area contributed by atoms with Crippen LogP contribution in [0.3, 0.4) is 0 Å². The number of rotatable bonds is 10. The molecule has 2 aromatic rings. The average molecular weight is 622 g/mol. The van der Waals surface area contributed by atoms with E-state index in [1.807, 2.05) is 0 Å². The molecule has 11 nitrogen and oxygen atoms in total. The zero-order valence-electron chi connectivity index (χ0n) is 23.3. The molecule has 1 heterocycles. The molecule has 1 aliphatic heterocycles. The highest BCUT2D eigenvalue weighted by Gasteiger charge is 2.41. The summed E-state index contributed by atoms with van der Waals surface area (Å²) in [7, 11) is -3.26. The number of hydrogen-bond donors (Lipinski definition) is 3. The van der Waals surface area contributed by atoms with Gasteiger partial charge in [0.1, 0.15) is 11.9 Å². The van der Waals surface area contributed by atoms with Crippen LogP contribution < -0.4 is 16.0 Å². The predicted molar refractivity (Wildman–Crippen MR) is 149 cm³/mol. The minimum atomic E-state index is -4.04. The molecule has 0 saturated carbocycles. The lowest BCUT2D eigenvalue weighted by atomic mass is 9.91. The second-order valence-corrected chi connectivity index (χ2v) is 12.2. The Kier molecular flexibility index (Phi) is 10.5. The van der Waals surface area contributed by atoms with E-state index >= 15 is 0 Å². The Hall–Kier alpha value is -4.45. The molecule has 0 aliphatic carbocycles. The number of nitrogens with one attached hydrogen (secondary N) is 3. The highest BCUT2D eigenvalue weighted by Crippen LogP contribution is 2.29. The van der Waals surface area contributed by atoms with E-state index in [0.717, 1.165) is 18.2 Å². The van der Waals surface area contributed by atoms with Crippen LogP contribution in [-0.4, -0.2) is 74.1 Å². The molecule has 0 spiro atoms. The van der Waals surface area contributed by atoms with Crippen molar-refractivity contribution in [1.82, 2.24) is 15.5 Å². The van der Waals surface area contributed by atoms with E-state index in [4.69, 9.17) is 5.26 Å². The van der Waals surface area contributed by atoms with Gasteiger partial charge in [0, 0.05) is 31.0 Å². The first-order valence-electron chi connectivity index (χ1n) is 13.2. The number of anilines is 1. The van der Waals surface area contributed by atoms with Gasteiger partial charge in [-0.25, -0.2) is 12.8 Å². The molecule has 3 rings (SSSR count). The molecular weight excluding hydrogens is 591 g/mol. The maximum Gasteiger partial charge on any atom is 0.349 e. The number of nitriles is 1. The van der Waals surface area contributed by atoms with E-state index in [1.165, 1.54) is 29.2 Å². The lowest BCUT2D eigenvalue weighted by Gasteiger charge is -2.33. The van der Waals surface area contributed by atoms with Gasteiger partial charge in [-0.2, -0.15) is 14.0 Å². The van der Waals surface area contributed by atoms with Gasteiger partial charge in [-0.1, -0.05) is 32.0 Å². The van der Waals surface area contributed by atoms with Crippen molar-refractivity contribution in [3.63, 3.8) is 0 Å². The summed E-state index contributed by atoms with van der Waals surface area (Å²) in [4.78, 5) is 51.2. The third kappa shape index (κ3) is 8.31. The minimum Gasteiger partial charge on any atom is -0.344 e. The molecular formula is C28H30F3N5O6S. The Morgan fingerprint density at radius 3 is 2.35 bits per heavy atom. The summed E-state index contributed by atoms with van der Waals surface area (Å²) in [5.41, 5.74) is -0.869. The van der Waals surface area contributed by atoms with E-state index in [1.54, 1.807) is 25.2 Å². The Labute approximate surface area is 246 Å². The standard InChI is InChI=1S/C28H30F3N5O6S/c1-3-23(37)35-25(26(39)36-9-11-43(41,42)12-10-36)17(2)19-7-8-22(21(29)14-19)34-24(38)16-33-27(40)28(30,31)20-6-4-5-18(13-20)15-32/h4-8,13-14,17,25H,3,9-12,16H2,1-2H3,(H,33,40)(H,34,38)(H,35,37)/t17-,25+/m0/s1. The van der Waals surface area contributed by atoms with Crippen molar-refractivity contribution in [1.29, 1.82) is 5.26 Å². The van der Waals surface area contributed by atoms with Crippen molar-refractivity contribution in [2.45, 2.75) is 38.2 Å². The summed E-state index contributed by atoms with van der Waals surface area (Å²) in [6.45, 7) is 2.17. The number of amides is 4. The van der Waals surface area contributed by atoms with Crippen molar-refractivity contribution < 1.29 is 40.8 Å². The monoisotopic (exact) mass is 621 g/mol. The lowest BCUT2D eigenvalue weighted by Crippen LogP contribution is -2.54. The molecule has 1 fully saturated rings. The van der Waals surface area contributed by atoms with Gasteiger partial charge >= 0.3 is 5.92 Å². The van der Waals surface area contributed by atoms with Crippen LogP contribution in [0.5, 0.6) is 0 Å². The van der Waals surface area contributed by atoms with Crippen LogP contribution in [0.15, 0.2) is 42.5 Å². The van der Waals surface area contributed by atoms with E-state index in [2.05, 4.69) is 10.6 Å². The van der Waals surface area contributed by atoms with Gasteiger partial charge in [-0.15, -0.1) is 0 Å². The second-order valence-electron chi connectivity index (χ2n) is 9.90. The number of carbonyl (C=O) groups excluding carboxylic acids is 4. The van der Waals surface area contributed by atoms with Crippen LogP contribution in [-0.2, 0) is 34.9 Å². The van der Waals surface area contributed by atoms with Crippen LogP contribution >= 0.6 is 0 Å². The van der Waals surface area contributed by atoms with Gasteiger partial charge in [-0.05, 0) is 29.8 Å². The molecule has 1 aliphatic rings. The highest BCUT2D eigenvalue weighted by atomic mass is 32.2. The number of sulfone groups is 1. The summed E-state index contributed by atoms with van der Waals surface area (Å²) < 4.78 is 67.5. The fraction of sp³-hybridized carbons (Fsp3) is 0.393. The molecule has 0 aromatic heterocycles. The highest BCUT2D eigenvalue weighted by molar-refractivity contribution is 7.91. The molecule has 2 aromatic carbocycles. The summed E-state index contributed by atoms with van der Waals surface area (Å²) in [5.74, 6) is -9.91. The van der Waals surface area contributed by atoms with Crippen LogP contribution in [0.1, 0.15) is 42.9 Å². The van der Waals surface area contributed by atoms with Gasteiger partial charge in [0.15, 0.2) is 9.84 Å². The largest absolute Gasteiger partial charge is 0.349 e. The van der Waals surface area contributed by atoms with E-state index in [9.17, 15) is 40.8 Å². The molecule has 1 saturated heterocycles. The summed E-state index contributed by atoms with van der Waals surface area (Å²) >= 11 is 0. The Bertz CT molecular complexity index is 1550. The zero-order valence-corrected chi connectivity index (χ0v) is 24.1. The second kappa shape index (κ2) is 13.7. The van der Waals surface area contributed by atoms with Crippen molar-refractivity contribution in [3.8, 4) is 6.07 Å². The van der Waals surface area contributed by atoms with Crippen molar-refractivity contribution in [2.24, 2.45) is 0 Å². The number of hydrogen-bond acceptors (Lipinski definition) is 7. The Morgan fingerprint density at radius 2 is 1.74 bits per heavy atom. The first-order valence-corrected chi connectivity index (χ1v) is 15.0. The normalized spacial score (nSPS) is 15.9. The van der Waals surface area contributed by atoms with Gasteiger partial charge in [-0.3, -0.25) is 19.2 Å². The number of benzene rings is 2. The quantitative estimate of drug-likeness (QED) is 0.364. The van der Waals surface area contributed by atoms with Crippen molar-refractivity contribution in [2.75, 3.05) is 36.5 Å². The summed E-state index contributed by atoms with van der Waals surface area (Å²) in [5, 5.41) is 15.5. The van der Waals surface area contributed by atoms with Crippen LogP contribution in [0.4, 0.5) is 18.9 Å². The molecule has 0 radical (unpaired) electrons. The van der Waals surface area contributed by atoms with Gasteiger partial charge < -0.3 is 20.9 Å². The Morgan fingerprint density at radius 1 is 1.07 bits per heavy atom. The van der Waals surface area contributed by atoms with Crippen LogP contribution in [0, 0.1) is 17.1 Å². The maximum absolute atomic E-state index is 15.0. The first-order chi connectivity index (χ1) is 20.2. The van der Waals surface area contributed by atoms with Crippen LogP contribution in [0.25, 0.3) is 0 Å². The average Bonchev–Trinajstić information content (AvgIpc) is 2.98. The molecule has 2 atom stereocenters. The van der Waals surface area contributed by atoms with Crippen molar-refractivity contribution >= 4 is 39.2 Å². The number of nitrogens with zero attached hydrogens (tertiary/aromatic N) is 2. The fourth-order valence-electron chi connectivity index (χ4n) is 4.30. The molecule has 43 heavy (non-hydrogen) atoms. The predicted octanol–water partition coefficient (Wildman–Crippen LogP) is 1.80. The SMILES string of the molecule is CCC(=O)N[C@@H](C(=O)N1CCS(=O)(=O)CC1)[C@@H](C)c1ccc(NC(=O)CNC(=O)C(F)(F)c2cccc(C#N)c2)c(F)c1. The topological polar surface area (TPSA) is 166 Å². The lowest BCUT2D eigenvalue weighted by molar-refractivity contribution is -0.147. The molecule has 0 bridgehead atoms. The zero-order chi connectivity index (χ0) is 31.9. The summed E-state index contributed by atoms with van der Waals surface area (Å²) in [6, 6.07) is 8.46. The van der Waals surface area contributed by atoms with E-state index < -0.39 is 69.3 Å². The van der Waals surface area contributed by atoms with Crippen molar-refractivity contribution in [3.05, 3.63) is 65.0 Å².